The first-order chi connectivity index (χ1) is 9.99. The lowest BCUT2D eigenvalue weighted by Crippen LogP contribution is -2.15. The minimum atomic E-state index is -0.129. The molecule has 0 saturated heterocycles. The van der Waals surface area contributed by atoms with Crippen LogP contribution in [0.5, 0.6) is 5.75 Å². The summed E-state index contributed by atoms with van der Waals surface area (Å²) in [4.78, 5) is 12.0. The maximum absolute atomic E-state index is 12.0. The molecule has 112 valence electrons. The number of nitrogens with two attached hydrogens (primary N) is 1. The van der Waals surface area contributed by atoms with Crippen molar-refractivity contribution in [2.75, 3.05) is 18.2 Å². The molecule has 0 bridgehead atoms. The Labute approximate surface area is 123 Å². The quantitative estimate of drug-likeness (QED) is 0.827. The predicted molar refractivity (Wildman–Crippen MR) is 82.4 cm³/mol. The van der Waals surface area contributed by atoms with Gasteiger partial charge in [0.05, 0.1) is 24.9 Å². The summed E-state index contributed by atoms with van der Waals surface area (Å²) in [5.41, 5.74) is 7.66. The summed E-state index contributed by atoms with van der Waals surface area (Å²) in [6.07, 6.45) is 2.10. The van der Waals surface area contributed by atoms with Gasteiger partial charge in [0.25, 0.3) is 0 Å². The van der Waals surface area contributed by atoms with Gasteiger partial charge in [0.1, 0.15) is 5.75 Å². The highest BCUT2D eigenvalue weighted by atomic mass is 16.5. The van der Waals surface area contributed by atoms with Crippen molar-refractivity contribution >= 4 is 17.3 Å². The van der Waals surface area contributed by atoms with E-state index in [1.807, 2.05) is 30.8 Å². The van der Waals surface area contributed by atoms with E-state index in [9.17, 15) is 4.79 Å². The molecular weight excluding hydrogens is 268 g/mol. The van der Waals surface area contributed by atoms with Gasteiger partial charge in [-0.25, -0.2) is 0 Å². The van der Waals surface area contributed by atoms with Crippen molar-refractivity contribution in [3.05, 3.63) is 36.2 Å². The molecule has 0 radical (unpaired) electrons. The summed E-state index contributed by atoms with van der Waals surface area (Å²) < 4.78 is 6.95. The standard InChI is InChI=1S/C15H20N4O2/c1-10(2)19-7-6-12(18-19)9-15(20)17-11-4-5-13(16)14(8-11)21-3/h4-8,10H,9,16H2,1-3H3,(H,17,20). The maximum atomic E-state index is 12.0. The SMILES string of the molecule is COc1cc(NC(=O)Cc2ccn(C(C)C)n2)ccc1N. The second-order valence-electron chi connectivity index (χ2n) is 5.06. The van der Waals surface area contributed by atoms with Gasteiger partial charge in [-0.3, -0.25) is 9.48 Å². The molecule has 2 aromatic rings. The Hall–Kier alpha value is -2.50. The molecule has 6 heteroatoms. The normalized spacial score (nSPS) is 10.7. The van der Waals surface area contributed by atoms with Crippen LogP contribution >= 0.6 is 0 Å². The number of rotatable bonds is 5. The Morgan fingerprint density at radius 1 is 1.43 bits per heavy atom. The van der Waals surface area contributed by atoms with Crippen molar-refractivity contribution in [2.24, 2.45) is 0 Å². The largest absolute Gasteiger partial charge is 0.495 e. The fraction of sp³-hybridized carbons (Fsp3) is 0.333. The average molecular weight is 288 g/mol. The molecule has 0 aliphatic rings. The molecule has 0 spiro atoms. The van der Waals surface area contributed by atoms with Gasteiger partial charge in [-0.05, 0) is 32.0 Å². The van der Waals surface area contributed by atoms with Crippen LogP contribution in [0.1, 0.15) is 25.6 Å². The number of aromatic nitrogens is 2. The molecule has 1 amide bonds. The molecule has 0 saturated carbocycles. The van der Waals surface area contributed by atoms with Gasteiger partial charge in [0, 0.05) is 24.0 Å². The summed E-state index contributed by atoms with van der Waals surface area (Å²) in [5.74, 6) is 0.410. The number of ether oxygens (including phenoxy) is 1. The van der Waals surface area contributed by atoms with Crippen molar-refractivity contribution in [1.29, 1.82) is 0 Å². The van der Waals surface area contributed by atoms with Crippen molar-refractivity contribution in [1.82, 2.24) is 9.78 Å². The number of hydrogen-bond acceptors (Lipinski definition) is 4. The molecule has 21 heavy (non-hydrogen) atoms. The molecule has 3 N–H and O–H groups in total. The number of anilines is 2. The molecule has 0 fully saturated rings. The second kappa shape index (κ2) is 6.30. The molecule has 2 rings (SSSR count). The topological polar surface area (TPSA) is 82.2 Å². The van der Waals surface area contributed by atoms with E-state index in [0.717, 1.165) is 5.69 Å². The molecular formula is C15H20N4O2. The highest BCUT2D eigenvalue weighted by molar-refractivity contribution is 5.92. The molecule has 0 unspecified atom stereocenters. The summed E-state index contributed by atoms with van der Waals surface area (Å²) in [5, 5.41) is 7.16. The van der Waals surface area contributed by atoms with Gasteiger partial charge in [-0.1, -0.05) is 0 Å². The highest BCUT2D eigenvalue weighted by Gasteiger charge is 2.09. The molecule has 0 aliphatic heterocycles. The van der Waals surface area contributed by atoms with Crippen LogP contribution < -0.4 is 15.8 Å². The first-order valence-electron chi connectivity index (χ1n) is 6.77. The van der Waals surface area contributed by atoms with E-state index in [4.69, 9.17) is 10.5 Å². The van der Waals surface area contributed by atoms with E-state index in [-0.39, 0.29) is 18.4 Å². The second-order valence-corrected chi connectivity index (χ2v) is 5.06. The smallest absolute Gasteiger partial charge is 0.230 e. The van der Waals surface area contributed by atoms with Gasteiger partial charge in [-0.2, -0.15) is 5.10 Å². The number of amides is 1. The molecule has 0 aliphatic carbocycles. The molecule has 1 aromatic carbocycles. The van der Waals surface area contributed by atoms with Crippen LogP contribution in [-0.4, -0.2) is 22.8 Å². The summed E-state index contributed by atoms with van der Waals surface area (Å²) in [7, 11) is 1.54. The first-order valence-corrected chi connectivity index (χ1v) is 6.77. The summed E-state index contributed by atoms with van der Waals surface area (Å²) >= 11 is 0. The maximum Gasteiger partial charge on any atom is 0.230 e. The zero-order chi connectivity index (χ0) is 15.4. The van der Waals surface area contributed by atoms with Crippen molar-refractivity contribution < 1.29 is 9.53 Å². The zero-order valence-corrected chi connectivity index (χ0v) is 12.5. The number of methoxy groups -OCH3 is 1. The molecule has 1 heterocycles. The number of hydrogen-bond donors (Lipinski definition) is 2. The first kappa shape index (κ1) is 14.9. The average Bonchev–Trinajstić information content (AvgIpc) is 2.89. The van der Waals surface area contributed by atoms with Crippen molar-refractivity contribution in [3.8, 4) is 5.75 Å². The Kier molecular flexibility index (Phi) is 4.47. The lowest BCUT2D eigenvalue weighted by atomic mass is 10.2. The van der Waals surface area contributed by atoms with E-state index in [2.05, 4.69) is 10.4 Å². The van der Waals surface area contributed by atoms with E-state index in [1.165, 1.54) is 7.11 Å². The van der Waals surface area contributed by atoms with E-state index in [0.29, 0.717) is 17.1 Å². The van der Waals surface area contributed by atoms with E-state index in [1.54, 1.807) is 18.2 Å². The van der Waals surface area contributed by atoms with Gasteiger partial charge < -0.3 is 15.8 Å². The Morgan fingerprint density at radius 3 is 2.81 bits per heavy atom. The third-order valence-electron chi connectivity index (χ3n) is 3.05. The number of nitrogen functional groups attached to an aromatic ring is 1. The molecule has 1 aromatic heterocycles. The number of nitrogens with zero attached hydrogens (tertiary/aromatic N) is 2. The molecule has 0 atom stereocenters. The monoisotopic (exact) mass is 288 g/mol. The van der Waals surface area contributed by atoms with E-state index >= 15 is 0 Å². The van der Waals surface area contributed by atoms with Gasteiger partial charge in [0.15, 0.2) is 0 Å². The number of carbonyl (C=O) groups excluding carboxylic acids is 1. The van der Waals surface area contributed by atoms with Crippen LogP contribution in [0.4, 0.5) is 11.4 Å². The number of benzene rings is 1. The number of nitrogens with one attached hydrogen (secondary N) is 1. The number of carbonyl (C=O) groups is 1. The van der Waals surface area contributed by atoms with Crippen LogP contribution in [0.15, 0.2) is 30.5 Å². The Balaban J connectivity index is 2.01. The van der Waals surface area contributed by atoms with Crippen LogP contribution in [0.25, 0.3) is 0 Å². The van der Waals surface area contributed by atoms with Crippen molar-refractivity contribution in [2.45, 2.75) is 26.3 Å². The lowest BCUT2D eigenvalue weighted by Gasteiger charge is -2.08. The van der Waals surface area contributed by atoms with Gasteiger partial charge >= 0.3 is 0 Å². The lowest BCUT2D eigenvalue weighted by molar-refractivity contribution is -0.115. The summed E-state index contributed by atoms with van der Waals surface area (Å²) in [6.45, 7) is 4.08. The molecule has 6 nitrogen and oxygen atoms in total. The third-order valence-corrected chi connectivity index (χ3v) is 3.05. The fourth-order valence-corrected chi connectivity index (χ4v) is 1.92. The highest BCUT2D eigenvalue weighted by Crippen LogP contribution is 2.24. The fourth-order valence-electron chi connectivity index (χ4n) is 1.92. The minimum Gasteiger partial charge on any atom is -0.495 e. The summed E-state index contributed by atoms with van der Waals surface area (Å²) in [6, 6.07) is 7.26. The van der Waals surface area contributed by atoms with Gasteiger partial charge in [-0.15, -0.1) is 0 Å². The van der Waals surface area contributed by atoms with Crippen LogP contribution in [0, 0.1) is 0 Å². The minimum absolute atomic E-state index is 0.129. The van der Waals surface area contributed by atoms with Gasteiger partial charge in [0.2, 0.25) is 5.91 Å². The van der Waals surface area contributed by atoms with E-state index < -0.39 is 0 Å². The zero-order valence-electron chi connectivity index (χ0n) is 12.5. The van der Waals surface area contributed by atoms with Crippen LogP contribution in [-0.2, 0) is 11.2 Å². The Morgan fingerprint density at radius 2 is 2.19 bits per heavy atom. The Bertz CT molecular complexity index is 634. The van der Waals surface area contributed by atoms with Crippen LogP contribution in [0.2, 0.25) is 0 Å². The predicted octanol–water partition coefficient (Wildman–Crippen LogP) is 2.24. The third kappa shape index (κ3) is 3.75. The van der Waals surface area contributed by atoms with Crippen molar-refractivity contribution in [3.63, 3.8) is 0 Å². The van der Waals surface area contributed by atoms with Crippen LogP contribution in [0.3, 0.4) is 0 Å².